The van der Waals surface area contributed by atoms with Gasteiger partial charge < -0.3 is 0 Å². The van der Waals surface area contributed by atoms with E-state index in [0.717, 1.165) is 7.11 Å². The Bertz CT molecular complexity index is 111. The Hall–Kier alpha value is -0.0600. The van der Waals surface area contributed by atoms with Crippen LogP contribution in [-0.4, -0.2) is 21.7 Å². The maximum atomic E-state index is 9.78. The SMILES string of the molecule is C=S(=O)(O)OC. The molecule has 0 aliphatic heterocycles. The van der Waals surface area contributed by atoms with E-state index < -0.39 is 10.1 Å². The molecule has 4 heteroatoms. The lowest BCUT2D eigenvalue weighted by Crippen LogP contribution is -1.96. The quantitative estimate of drug-likeness (QED) is 0.473. The highest BCUT2D eigenvalue weighted by Crippen LogP contribution is 1.75. The molecule has 0 bridgehead atoms. The van der Waals surface area contributed by atoms with E-state index in [4.69, 9.17) is 4.55 Å². The average molecular weight is 110 g/mol. The lowest BCUT2D eigenvalue weighted by atomic mass is 11.8. The molecule has 3 nitrogen and oxygen atoms in total. The largest absolute Gasteiger partial charge is 0.294 e. The fraction of sp³-hybridized carbons (Fsp3) is 0.500. The molecule has 1 atom stereocenters. The monoisotopic (exact) mass is 110 g/mol. The molecule has 0 radical (unpaired) electrons. The molecule has 0 aromatic carbocycles. The van der Waals surface area contributed by atoms with Crippen LogP contribution in [0.2, 0.25) is 0 Å². The fourth-order valence-electron chi connectivity index (χ4n) is 0. The minimum absolute atomic E-state index is 1.12. The molecule has 0 aromatic rings. The van der Waals surface area contributed by atoms with Gasteiger partial charge in [0, 0.05) is 5.87 Å². The summed E-state index contributed by atoms with van der Waals surface area (Å²) in [4.78, 5) is 0. The zero-order valence-corrected chi connectivity index (χ0v) is 4.20. The standard InChI is InChI=1S/C2H6O3S/c1-5-6(2,3)4/h2H2,1H3,(H,3,4). The first-order valence-corrected chi connectivity index (χ1v) is 2.82. The van der Waals surface area contributed by atoms with Crippen molar-refractivity contribution in [2.45, 2.75) is 0 Å². The molecule has 0 amide bonds. The second-order valence-corrected chi connectivity index (χ2v) is 2.25. The number of rotatable bonds is 1. The third-order valence-corrected chi connectivity index (χ3v) is 0.781. The van der Waals surface area contributed by atoms with Crippen molar-refractivity contribution >= 4 is 16.0 Å². The van der Waals surface area contributed by atoms with Gasteiger partial charge in [-0.2, -0.15) is 0 Å². The first-order valence-electron chi connectivity index (χ1n) is 1.21. The second kappa shape index (κ2) is 1.59. The van der Waals surface area contributed by atoms with Crippen molar-refractivity contribution in [1.82, 2.24) is 0 Å². The summed E-state index contributed by atoms with van der Waals surface area (Å²) < 4.78 is 21.7. The first-order chi connectivity index (χ1) is 2.56. The van der Waals surface area contributed by atoms with Gasteiger partial charge in [0.25, 0.3) is 0 Å². The van der Waals surface area contributed by atoms with E-state index in [9.17, 15) is 4.21 Å². The van der Waals surface area contributed by atoms with E-state index in [1.165, 1.54) is 0 Å². The Morgan fingerprint density at radius 2 is 2.17 bits per heavy atom. The van der Waals surface area contributed by atoms with Gasteiger partial charge in [0.1, 0.15) is 0 Å². The highest BCUT2D eigenvalue weighted by atomic mass is 32.2. The third kappa shape index (κ3) is 3.94. The molecular weight excluding hydrogens is 104 g/mol. The topological polar surface area (TPSA) is 46.5 Å². The van der Waals surface area contributed by atoms with Gasteiger partial charge in [-0.25, -0.2) is 4.21 Å². The molecule has 0 aromatic heterocycles. The predicted octanol–water partition coefficient (Wildman–Crippen LogP) is -0.263. The van der Waals surface area contributed by atoms with Crippen molar-refractivity contribution in [2.75, 3.05) is 7.11 Å². The summed E-state index contributed by atoms with van der Waals surface area (Å²) in [6, 6.07) is 0. The fourth-order valence-corrected chi connectivity index (χ4v) is 0. The van der Waals surface area contributed by atoms with Crippen LogP contribution < -0.4 is 0 Å². The molecule has 1 N–H and O–H groups in total. The maximum absolute atomic E-state index is 9.78. The van der Waals surface area contributed by atoms with Gasteiger partial charge in [-0.3, -0.25) is 8.74 Å². The van der Waals surface area contributed by atoms with E-state index in [1.807, 2.05) is 0 Å². The lowest BCUT2D eigenvalue weighted by molar-refractivity contribution is 0.374. The third-order valence-electron chi connectivity index (χ3n) is 0.260. The number of hydrogen-bond acceptors (Lipinski definition) is 2. The summed E-state index contributed by atoms with van der Waals surface area (Å²) in [6.45, 7) is 0. The minimum Gasteiger partial charge on any atom is -0.294 e. The van der Waals surface area contributed by atoms with Gasteiger partial charge in [-0.05, 0) is 0 Å². The molecule has 0 saturated carbocycles. The van der Waals surface area contributed by atoms with Gasteiger partial charge in [0.2, 0.25) is 0 Å². The Kier molecular flexibility index (Phi) is 1.58. The molecule has 6 heavy (non-hydrogen) atoms. The van der Waals surface area contributed by atoms with Gasteiger partial charge >= 0.3 is 0 Å². The summed E-state index contributed by atoms with van der Waals surface area (Å²) in [7, 11) is -2.04. The van der Waals surface area contributed by atoms with Crippen molar-refractivity contribution in [3.8, 4) is 0 Å². The van der Waals surface area contributed by atoms with E-state index >= 15 is 0 Å². The van der Waals surface area contributed by atoms with Gasteiger partial charge in [0.05, 0.1) is 7.11 Å². The molecule has 0 heterocycles. The van der Waals surface area contributed by atoms with Crippen LogP contribution in [0.25, 0.3) is 0 Å². The Balaban J connectivity index is 3.85. The highest BCUT2D eigenvalue weighted by molar-refractivity contribution is 7.90. The van der Waals surface area contributed by atoms with Crippen molar-refractivity contribution in [1.29, 1.82) is 0 Å². The van der Waals surface area contributed by atoms with E-state index in [0.29, 0.717) is 0 Å². The summed E-state index contributed by atoms with van der Waals surface area (Å²) in [5, 5.41) is 0. The van der Waals surface area contributed by atoms with Crippen molar-refractivity contribution in [2.24, 2.45) is 0 Å². The molecule has 0 rings (SSSR count). The molecule has 0 fully saturated rings. The van der Waals surface area contributed by atoms with Crippen LogP contribution in [0, 0.1) is 0 Å². The van der Waals surface area contributed by atoms with E-state index in [2.05, 4.69) is 10.1 Å². The van der Waals surface area contributed by atoms with Crippen LogP contribution >= 0.6 is 0 Å². The summed E-state index contributed by atoms with van der Waals surface area (Å²) >= 11 is 0. The van der Waals surface area contributed by atoms with Crippen molar-refractivity contribution < 1.29 is 12.9 Å². The van der Waals surface area contributed by atoms with Crippen LogP contribution in [0.3, 0.4) is 0 Å². The first kappa shape index (κ1) is 5.94. The minimum atomic E-state index is -3.16. The predicted molar refractivity (Wildman–Crippen MR) is 24.9 cm³/mol. The molecule has 0 spiro atoms. The smallest absolute Gasteiger partial charge is 0.195 e. The average Bonchev–Trinajstić information content (AvgIpc) is 1.35. The maximum Gasteiger partial charge on any atom is 0.195 e. The molecule has 0 aliphatic rings. The molecule has 1 unspecified atom stereocenters. The normalized spacial score (nSPS) is 19.7. The van der Waals surface area contributed by atoms with Crippen molar-refractivity contribution in [3.05, 3.63) is 0 Å². The Labute approximate surface area is 37.0 Å². The Morgan fingerprint density at radius 1 is 2.00 bits per heavy atom. The molecule has 0 saturated heterocycles. The van der Waals surface area contributed by atoms with Crippen LogP contribution in [0.5, 0.6) is 0 Å². The van der Waals surface area contributed by atoms with E-state index in [1.54, 1.807) is 0 Å². The zero-order valence-electron chi connectivity index (χ0n) is 3.38. The number of hydrogen-bond donors (Lipinski definition) is 1. The van der Waals surface area contributed by atoms with Crippen LogP contribution in [-0.2, 0) is 14.3 Å². The van der Waals surface area contributed by atoms with Gasteiger partial charge in [0.15, 0.2) is 10.1 Å². The van der Waals surface area contributed by atoms with Gasteiger partial charge in [-0.1, -0.05) is 0 Å². The Morgan fingerprint density at radius 3 is 2.17 bits per heavy atom. The highest BCUT2D eigenvalue weighted by Gasteiger charge is 1.83. The second-order valence-electron chi connectivity index (χ2n) is 0.749. The summed E-state index contributed by atoms with van der Waals surface area (Å²) in [5.41, 5.74) is 0. The molecular formula is C2H6O3S. The van der Waals surface area contributed by atoms with Crippen molar-refractivity contribution in [3.63, 3.8) is 0 Å². The summed E-state index contributed by atoms with van der Waals surface area (Å²) in [5.74, 6) is 2.75. The molecule has 38 valence electrons. The van der Waals surface area contributed by atoms with Crippen LogP contribution in [0.4, 0.5) is 0 Å². The van der Waals surface area contributed by atoms with Gasteiger partial charge in [-0.15, -0.1) is 0 Å². The van der Waals surface area contributed by atoms with Crippen LogP contribution in [0.1, 0.15) is 0 Å². The van der Waals surface area contributed by atoms with Crippen LogP contribution in [0.15, 0.2) is 0 Å². The zero-order chi connectivity index (χ0) is 5.21. The molecule has 0 aliphatic carbocycles. The summed E-state index contributed by atoms with van der Waals surface area (Å²) in [6.07, 6.45) is 0. The lowest BCUT2D eigenvalue weighted by Gasteiger charge is -1.90. The van der Waals surface area contributed by atoms with E-state index in [-0.39, 0.29) is 0 Å².